The Hall–Kier alpha value is -1.91. The minimum Gasteiger partial charge on any atom is -0.332 e. The van der Waals surface area contributed by atoms with Crippen molar-refractivity contribution in [1.29, 1.82) is 0 Å². The number of thiocarbonyl (C=S) groups is 1. The van der Waals surface area contributed by atoms with Crippen molar-refractivity contribution in [3.05, 3.63) is 64.7 Å². The van der Waals surface area contributed by atoms with Crippen LogP contribution < -0.4 is 10.6 Å². The molecule has 0 saturated carbocycles. The normalized spacial score (nSPS) is 9.90. The van der Waals surface area contributed by atoms with Gasteiger partial charge in [0.2, 0.25) is 0 Å². The van der Waals surface area contributed by atoms with Gasteiger partial charge in [0.15, 0.2) is 5.11 Å². The van der Waals surface area contributed by atoms with Crippen molar-refractivity contribution in [2.75, 3.05) is 5.32 Å². The summed E-state index contributed by atoms with van der Waals surface area (Å²) in [6, 6.07) is 14.5. The fourth-order valence-electron chi connectivity index (χ4n) is 1.70. The molecule has 0 aliphatic carbocycles. The third-order valence-corrected chi connectivity index (χ3v) is 3.16. The number of carbonyl (C=O) groups is 1. The topological polar surface area (TPSA) is 41.1 Å². The molecule has 0 atom stereocenters. The first-order chi connectivity index (χ1) is 9.56. The molecule has 0 spiro atoms. The van der Waals surface area contributed by atoms with Gasteiger partial charge in [0, 0.05) is 5.69 Å². The number of amides is 1. The third-order valence-electron chi connectivity index (χ3n) is 2.62. The maximum Gasteiger partial charge on any atom is 0.258 e. The van der Waals surface area contributed by atoms with E-state index in [9.17, 15) is 4.79 Å². The lowest BCUT2D eigenvalue weighted by Crippen LogP contribution is -2.34. The molecular weight excluding hydrogens is 292 g/mol. The van der Waals surface area contributed by atoms with Crippen LogP contribution in [-0.2, 0) is 0 Å². The lowest BCUT2D eigenvalue weighted by Gasteiger charge is -2.10. The van der Waals surface area contributed by atoms with E-state index in [0.29, 0.717) is 10.6 Å². The van der Waals surface area contributed by atoms with Crippen LogP contribution in [0.5, 0.6) is 0 Å². The second-order valence-corrected chi connectivity index (χ2v) is 5.07. The van der Waals surface area contributed by atoms with E-state index >= 15 is 0 Å². The fourth-order valence-corrected chi connectivity index (χ4v) is 2.13. The van der Waals surface area contributed by atoms with E-state index in [0.717, 1.165) is 11.3 Å². The first-order valence-electron chi connectivity index (χ1n) is 6.00. The second kappa shape index (κ2) is 6.50. The number of hydrogen-bond acceptors (Lipinski definition) is 2. The summed E-state index contributed by atoms with van der Waals surface area (Å²) in [5.41, 5.74) is 2.33. The molecule has 2 N–H and O–H groups in total. The summed E-state index contributed by atoms with van der Waals surface area (Å²) in [4.78, 5) is 12.0. The van der Waals surface area contributed by atoms with E-state index < -0.39 is 0 Å². The summed E-state index contributed by atoms with van der Waals surface area (Å²) >= 11 is 11.1. The largest absolute Gasteiger partial charge is 0.332 e. The highest BCUT2D eigenvalue weighted by Gasteiger charge is 2.11. The molecule has 3 nitrogen and oxygen atoms in total. The van der Waals surface area contributed by atoms with Gasteiger partial charge in [-0.3, -0.25) is 10.1 Å². The molecule has 2 rings (SSSR count). The Morgan fingerprint density at radius 2 is 1.90 bits per heavy atom. The van der Waals surface area contributed by atoms with Crippen LogP contribution in [0.15, 0.2) is 48.5 Å². The summed E-state index contributed by atoms with van der Waals surface area (Å²) in [5.74, 6) is -0.333. The molecule has 5 heteroatoms. The molecule has 20 heavy (non-hydrogen) atoms. The maximum absolute atomic E-state index is 12.0. The van der Waals surface area contributed by atoms with Crippen molar-refractivity contribution in [2.45, 2.75) is 6.92 Å². The Kier molecular flexibility index (Phi) is 4.71. The van der Waals surface area contributed by atoms with Crippen molar-refractivity contribution >= 4 is 40.5 Å². The lowest BCUT2D eigenvalue weighted by molar-refractivity contribution is 0.0978. The predicted molar refractivity (Wildman–Crippen MR) is 86.3 cm³/mol. The summed E-state index contributed by atoms with van der Waals surface area (Å²) in [6.07, 6.45) is 0. The van der Waals surface area contributed by atoms with Gasteiger partial charge in [-0.05, 0) is 49.0 Å². The zero-order chi connectivity index (χ0) is 14.5. The van der Waals surface area contributed by atoms with Crippen LogP contribution in [0.1, 0.15) is 15.9 Å². The van der Waals surface area contributed by atoms with Crippen molar-refractivity contribution in [2.24, 2.45) is 0 Å². The Morgan fingerprint density at radius 1 is 1.15 bits per heavy atom. The number of aryl methyl sites for hydroxylation is 1. The average molecular weight is 305 g/mol. The molecule has 1 amide bonds. The highest BCUT2D eigenvalue weighted by molar-refractivity contribution is 7.80. The molecule has 0 radical (unpaired) electrons. The molecule has 0 aliphatic rings. The van der Waals surface area contributed by atoms with E-state index in [4.69, 9.17) is 23.8 Å². The van der Waals surface area contributed by atoms with Crippen LogP contribution >= 0.6 is 23.8 Å². The standard InChI is InChI=1S/C15H13ClN2OS/c1-10-5-4-6-11(9-10)17-15(20)18-14(19)12-7-2-3-8-13(12)16/h2-9H,1H3,(H2,17,18,19,20). The van der Waals surface area contributed by atoms with Crippen LogP contribution in [-0.4, -0.2) is 11.0 Å². The number of anilines is 1. The van der Waals surface area contributed by atoms with Crippen molar-refractivity contribution in [3.8, 4) is 0 Å². The molecule has 0 fully saturated rings. The number of carbonyl (C=O) groups excluding carboxylic acids is 1. The van der Waals surface area contributed by atoms with Crippen molar-refractivity contribution < 1.29 is 4.79 Å². The molecule has 2 aromatic rings. The summed E-state index contributed by atoms with van der Waals surface area (Å²) in [5, 5.41) is 6.19. The first-order valence-corrected chi connectivity index (χ1v) is 6.78. The zero-order valence-corrected chi connectivity index (χ0v) is 12.4. The molecule has 2 aromatic carbocycles. The molecule has 102 valence electrons. The van der Waals surface area contributed by atoms with E-state index in [-0.39, 0.29) is 11.0 Å². The van der Waals surface area contributed by atoms with Gasteiger partial charge in [0.1, 0.15) is 0 Å². The minimum absolute atomic E-state index is 0.237. The fraction of sp³-hybridized carbons (Fsp3) is 0.0667. The Morgan fingerprint density at radius 3 is 2.60 bits per heavy atom. The van der Waals surface area contributed by atoms with Gasteiger partial charge in [-0.25, -0.2) is 0 Å². The Bertz CT molecular complexity index is 658. The van der Waals surface area contributed by atoms with Gasteiger partial charge in [-0.1, -0.05) is 35.9 Å². The number of hydrogen-bond donors (Lipinski definition) is 2. The van der Waals surface area contributed by atoms with E-state index in [1.54, 1.807) is 24.3 Å². The number of rotatable bonds is 2. The van der Waals surface area contributed by atoms with Crippen molar-refractivity contribution in [3.63, 3.8) is 0 Å². The maximum atomic E-state index is 12.0. The summed E-state index contributed by atoms with van der Waals surface area (Å²) in [6.45, 7) is 1.98. The average Bonchev–Trinajstić information content (AvgIpc) is 2.38. The quantitative estimate of drug-likeness (QED) is 0.830. The molecule has 0 unspecified atom stereocenters. The van der Waals surface area contributed by atoms with Gasteiger partial charge in [0.05, 0.1) is 10.6 Å². The molecule has 0 bridgehead atoms. The molecule has 0 saturated heterocycles. The molecule has 0 aliphatic heterocycles. The molecule has 0 heterocycles. The molecular formula is C15H13ClN2OS. The Labute approximate surface area is 128 Å². The van der Waals surface area contributed by atoms with Crippen LogP contribution in [0.4, 0.5) is 5.69 Å². The van der Waals surface area contributed by atoms with Crippen LogP contribution in [0.2, 0.25) is 5.02 Å². The minimum atomic E-state index is -0.333. The second-order valence-electron chi connectivity index (χ2n) is 4.26. The zero-order valence-electron chi connectivity index (χ0n) is 10.8. The van der Waals surface area contributed by atoms with Crippen molar-refractivity contribution in [1.82, 2.24) is 5.32 Å². The van der Waals surface area contributed by atoms with Crippen LogP contribution in [0, 0.1) is 6.92 Å². The highest BCUT2D eigenvalue weighted by atomic mass is 35.5. The predicted octanol–water partition coefficient (Wildman–Crippen LogP) is 3.78. The monoisotopic (exact) mass is 304 g/mol. The summed E-state index contributed by atoms with van der Waals surface area (Å²) < 4.78 is 0. The van der Waals surface area contributed by atoms with Gasteiger partial charge < -0.3 is 5.32 Å². The van der Waals surface area contributed by atoms with Gasteiger partial charge in [-0.15, -0.1) is 0 Å². The van der Waals surface area contributed by atoms with Crippen LogP contribution in [0.3, 0.4) is 0 Å². The van der Waals surface area contributed by atoms with E-state index in [1.807, 2.05) is 31.2 Å². The van der Waals surface area contributed by atoms with E-state index in [2.05, 4.69) is 10.6 Å². The van der Waals surface area contributed by atoms with Gasteiger partial charge >= 0.3 is 0 Å². The third kappa shape index (κ3) is 3.79. The smallest absolute Gasteiger partial charge is 0.258 e. The van der Waals surface area contributed by atoms with Crippen LogP contribution in [0.25, 0.3) is 0 Å². The van der Waals surface area contributed by atoms with Gasteiger partial charge in [-0.2, -0.15) is 0 Å². The number of nitrogens with one attached hydrogen (secondary N) is 2. The van der Waals surface area contributed by atoms with Gasteiger partial charge in [0.25, 0.3) is 5.91 Å². The summed E-state index contributed by atoms with van der Waals surface area (Å²) in [7, 11) is 0. The first kappa shape index (κ1) is 14.5. The lowest BCUT2D eigenvalue weighted by atomic mass is 10.2. The van der Waals surface area contributed by atoms with E-state index in [1.165, 1.54) is 0 Å². The Balaban J connectivity index is 2.02. The number of benzene rings is 2. The number of halogens is 1. The highest BCUT2D eigenvalue weighted by Crippen LogP contribution is 2.14. The molecule has 0 aromatic heterocycles. The SMILES string of the molecule is Cc1cccc(NC(=S)NC(=O)c2ccccc2Cl)c1.